The van der Waals surface area contributed by atoms with Crippen LogP contribution in [0.25, 0.3) is 33.1 Å². The normalized spacial score (nSPS) is 12.3. The van der Waals surface area contributed by atoms with E-state index in [9.17, 15) is 18.4 Å². The number of nitrogens with zero attached hydrogens (tertiary/aromatic N) is 3. The van der Waals surface area contributed by atoms with Crippen molar-refractivity contribution < 1.29 is 13.2 Å². The van der Waals surface area contributed by atoms with E-state index in [1.54, 1.807) is 6.08 Å². The minimum Gasteiger partial charge on any atom is -0.237 e. The quantitative estimate of drug-likeness (QED) is 0.360. The van der Waals surface area contributed by atoms with Crippen LogP contribution in [0.2, 0.25) is 0 Å². The number of hydrogen-bond acceptors (Lipinski definition) is 5. The highest BCUT2D eigenvalue weighted by Gasteiger charge is 2.30. The van der Waals surface area contributed by atoms with Crippen LogP contribution in [-0.2, 0) is 6.18 Å². The molecule has 0 aliphatic heterocycles. The molecule has 0 aliphatic rings. The molecule has 2 aromatic heterocycles. The summed E-state index contributed by atoms with van der Waals surface area (Å²) in [5.41, 5.74) is 1.50. The van der Waals surface area contributed by atoms with E-state index in [0.29, 0.717) is 14.7 Å². The van der Waals surface area contributed by atoms with Gasteiger partial charge < -0.3 is 0 Å². The first-order chi connectivity index (χ1) is 13.4. The first kappa shape index (κ1) is 18.3. The zero-order valence-electron chi connectivity index (χ0n) is 14.1. The van der Waals surface area contributed by atoms with Gasteiger partial charge in [-0.3, -0.25) is 0 Å². The Kier molecular flexibility index (Phi) is 4.71. The summed E-state index contributed by atoms with van der Waals surface area (Å²) in [6.45, 7) is 0. The molecule has 3 nitrogen and oxygen atoms in total. The van der Waals surface area contributed by atoms with Gasteiger partial charge >= 0.3 is 6.18 Å². The van der Waals surface area contributed by atoms with Crippen LogP contribution in [0.15, 0.2) is 53.9 Å². The molecule has 2 aromatic carbocycles. The minimum atomic E-state index is -4.43. The fourth-order valence-electron chi connectivity index (χ4n) is 2.58. The fraction of sp³-hybridized carbons (Fsp3) is 0.0500. The lowest BCUT2D eigenvalue weighted by Crippen LogP contribution is -2.03. The van der Waals surface area contributed by atoms with Gasteiger partial charge in [-0.2, -0.15) is 18.4 Å². The number of halogens is 3. The molecule has 4 aromatic rings. The monoisotopic (exact) mass is 413 g/mol. The summed E-state index contributed by atoms with van der Waals surface area (Å²) in [6, 6.07) is 15.1. The maximum absolute atomic E-state index is 12.9. The van der Waals surface area contributed by atoms with Crippen molar-refractivity contribution in [1.82, 2.24) is 9.97 Å². The largest absolute Gasteiger partial charge is 0.416 e. The second-order valence-electron chi connectivity index (χ2n) is 5.81. The van der Waals surface area contributed by atoms with Crippen molar-refractivity contribution in [2.45, 2.75) is 6.18 Å². The summed E-state index contributed by atoms with van der Waals surface area (Å²) in [5.74, 6) is 0. The third-order valence-corrected chi connectivity index (χ3v) is 5.79. The number of thiazole rings is 2. The van der Waals surface area contributed by atoms with Gasteiger partial charge in [0.1, 0.15) is 16.1 Å². The standard InChI is InChI=1S/C20H10F3N3S2/c21-20(22,23)14-6-7-17-15(9-14)26-19(28-17)13(10-24)8-18-25-16(11-27-18)12-4-2-1-3-5-12/h1-9,11H/b13-8-. The highest BCUT2D eigenvalue weighted by Crippen LogP contribution is 2.34. The maximum Gasteiger partial charge on any atom is 0.416 e. The lowest BCUT2D eigenvalue weighted by molar-refractivity contribution is -0.137. The number of alkyl halides is 3. The molecule has 0 unspecified atom stereocenters. The lowest BCUT2D eigenvalue weighted by atomic mass is 10.2. The predicted molar refractivity (Wildman–Crippen MR) is 106 cm³/mol. The van der Waals surface area contributed by atoms with E-state index in [0.717, 1.165) is 23.4 Å². The number of fused-ring (bicyclic) bond motifs is 1. The van der Waals surface area contributed by atoms with Gasteiger partial charge in [-0.05, 0) is 24.3 Å². The smallest absolute Gasteiger partial charge is 0.237 e. The molecule has 0 saturated heterocycles. The number of hydrogen-bond donors (Lipinski definition) is 0. The van der Waals surface area contributed by atoms with Gasteiger partial charge in [0, 0.05) is 10.9 Å². The molecule has 0 spiro atoms. The molecule has 0 radical (unpaired) electrons. The van der Waals surface area contributed by atoms with Crippen LogP contribution in [0.3, 0.4) is 0 Å². The van der Waals surface area contributed by atoms with E-state index in [2.05, 4.69) is 16.0 Å². The molecule has 28 heavy (non-hydrogen) atoms. The fourth-order valence-corrected chi connectivity index (χ4v) is 4.25. The van der Waals surface area contributed by atoms with Crippen LogP contribution < -0.4 is 0 Å². The van der Waals surface area contributed by atoms with E-state index in [1.165, 1.54) is 28.7 Å². The van der Waals surface area contributed by atoms with E-state index in [4.69, 9.17) is 0 Å². The zero-order chi connectivity index (χ0) is 19.7. The molecule has 0 saturated carbocycles. The molecule has 138 valence electrons. The highest BCUT2D eigenvalue weighted by molar-refractivity contribution is 7.19. The Hall–Kier alpha value is -3.02. The Morgan fingerprint density at radius 3 is 2.57 bits per heavy atom. The zero-order valence-corrected chi connectivity index (χ0v) is 15.7. The lowest BCUT2D eigenvalue weighted by Gasteiger charge is -2.04. The van der Waals surface area contributed by atoms with E-state index >= 15 is 0 Å². The average Bonchev–Trinajstić information content (AvgIpc) is 3.32. The first-order valence-electron chi connectivity index (χ1n) is 8.05. The average molecular weight is 413 g/mol. The van der Waals surface area contributed by atoms with Crippen LogP contribution >= 0.6 is 22.7 Å². The number of benzene rings is 2. The summed E-state index contributed by atoms with van der Waals surface area (Å²) in [7, 11) is 0. The first-order valence-corrected chi connectivity index (χ1v) is 9.74. The summed E-state index contributed by atoms with van der Waals surface area (Å²) in [6.07, 6.45) is -2.82. The van der Waals surface area contributed by atoms with Gasteiger partial charge in [-0.1, -0.05) is 30.3 Å². The summed E-state index contributed by atoms with van der Waals surface area (Å²) < 4.78 is 39.2. The van der Waals surface area contributed by atoms with Crippen LogP contribution in [0, 0.1) is 11.3 Å². The van der Waals surface area contributed by atoms with E-state index < -0.39 is 11.7 Å². The van der Waals surface area contributed by atoms with Gasteiger partial charge in [-0.15, -0.1) is 22.7 Å². The minimum absolute atomic E-state index is 0.222. The van der Waals surface area contributed by atoms with Gasteiger partial charge in [-0.25, -0.2) is 9.97 Å². The predicted octanol–water partition coefficient (Wildman–Crippen LogP) is 6.50. The van der Waals surface area contributed by atoms with Crippen molar-refractivity contribution in [3.8, 4) is 17.3 Å². The number of allylic oxidation sites excluding steroid dienone is 1. The highest BCUT2D eigenvalue weighted by atomic mass is 32.1. The third-order valence-electron chi connectivity index (χ3n) is 3.93. The van der Waals surface area contributed by atoms with Gasteiger partial charge in [0.15, 0.2) is 0 Å². The number of nitriles is 1. The van der Waals surface area contributed by atoms with Crippen molar-refractivity contribution in [3.05, 3.63) is 69.5 Å². The Bertz CT molecular complexity index is 1210. The molecule has 0 bridgehead atoms. The molecular formula is C20H10F3N3S2. The van der Waals surface area contributed by atoms with Crippen molar-refractivity contribution in [3.63, 3.8) is 0 Å². The topological polar surface area (TPSA) is 49.6 Å². The molecule has 0 aliphatic carbocycles. The van der Waals surface area contributed by atoms with Crippen molar-refractivity contribution >= 4 is 44.5 Å². The van der Waals surface area contributed by atoms with Gasteiger partial charge in [0.05, 0.1) is 27.0 Å². The molecule has 8 heteroatoms. The summed E-state index contributed by atoms with van der Waals surface area (Å²) in [5, 5.41) is 12.4. The van der Waals surface area contributed by atoms with Crippen LogP contribution in [0.1, 0.15) is 15.6 Å². The Balaban J connectivity index is 1.69. The Morgan fingerprint density at radius 1 is 1.07 bits per heavy atom. The van der Waals surface area contributed by atoms with E-state index in [1.807, 2.05) is 35.7 Å². The van der Waals surface area contributed by atoms with E-state index in [-0.39, 0.29) is 11.1 Å². The maximum atomic E-state index is 12.9. The van der Waals surface area contributed by atoms with Crippen molar-refractivity contribution in [2.75, 3.05) is 0 Å². The molecule has 0 atom stereocenters. The molecule has 2 heterocycles. The summed E-state index contributed by atoms with van der Waals surface area (Å²) in [4.78, 5) is 8.74. The Morgan fingerprint density at radius 2 is 1.86 bits per heavy atom. The molecular weight excluding hydrogens is 403 g/mol. The second-order valence-corrected chi connectivity index (χ2v) is 7.73. The van der Waals surface area contributed by atoms with Gasteiger partial charge in [0.25, 0.3) is 0 Å². The van der Waals surface area contributed by atoms with Crippen molar-refractivity contribution in [1.29, 1.82) is 5.26 Å². The third kappa shape index (κ3) is 3.67. The number of rotatable bonds is 3. The van der Waals surface area contributed by atoms with Crippen molar-refractivity contribution in [2.24, 2.45) is 0 Å². The van der Waals surface area contributed by atoms with Crippen LogP contribution in [-0.4, -0.2) is 9.97 Å². The second kappa shape index (κ2) is 7.19. The Labute approximate surface area is 166 Å². The SMILES string of the molecule is N#C/C(=C/c1nc(-c2ccccc2)cs1)c1nc2cc(C(F)(F)F)ccc2s1. The summed E-state index contributed by atoms with van der Waals surface area (Å²) >= 11 is 2.56. The molecule has 0 N–H and O–H groups in total. The van der Waals surface area contributed by atoms with Crippen LogP contribution in [0.4, 0.5) is 13.2 Å². The van der Waals surface area contributed by atoms with Crippen LogP contribution in [0.5, 0.6) is 0 Å². The molecule has 0 fully saturated rings. The molecule has 0 amide bonds. The number of aromatic nitrogens is 2. The molecule has 4 rings (SSSR count). The van der Waals surface area contributed by atoms with Gasteiger partial charge in [0.2, 0.25) is 0 Å².